The van der Waals surface area contributed by atoms with E-state index < -0.39 is 4.92 Å². The normalized spacial score (nSPS) is 15.6. The van der Waals surface area contributed by atoms with E-state index in [4.69, 9.17) is 0 Å². The number of carbonyl (C=O) groups excluding carboxylic acids is 1. The number of nitrogens with zero attached hydrogens (tertiary/aromatic N) is 2. The maximum atomic E-state index is 12.2. The van der Waals surface area contributed by atoms with Gasteiger partial charge in [0.25, 0.3) is 5.69 Å². The molecule has 1 aliphatic rings. The van der Waals surface area contributed by atoms with Crippen LogP contribution in [0.1, 0.15) is 19.3 Å². The van der Waals surface area contributed by atoms with Crippen molar-refractivity contribution in [2.75, 3.05) is 32.0 Å². The third kappa shape index (κ3) is 4.42. The van der Waals surface area contributed by atoms with Gasteiger partial charge in [0.2, 0.25) is 0 Å². The molecule has 2 rings (SSSR count). The van der Waals surface area contributed by atoms with E-state index in [0.717, 1.165) is 38.9 Å². The smallest absolute Gasteiger partial charge is 0.321 e. The van der Waals surface area contributed by atoms with Crippen LogP contribution < -0.4 is 10.6 Å². The molecule has 7 heteroatoms. The first-order valence-electron chi connectivity index (χ1n) is 7.55. The highest BCUT2D eigenvalue weighted by atomic mass is 16.6. The molecule has 0 atom stereocenters. The summed E-state index contributed by atoms with van der Waals surface area (Å²) in [5.41, 5.74) is 0.594. The third-order valence-corrected chi connectivity index (χ3v) is 4.03. The summed E-state index contributed by atoms with van der Waals surface area (Å²) in [5.74, 6) is 0.677. The first kappa shape index (κ1) is 16.2. The van der Waals surface area contributed by atoms with Gasteiger partial charge in [0.05, 0.1) is 4.92 Å². The van der Waals surface area contributed by atoms with Crippen LogP contribution in [0.5, 0.6) is 0 Å². The fourth-order valence-electron chi connectivity index (χ4n) is 2.64. The molecule has 7 nitrogen and oxygen atoms in total. The molecule has 0 saturated carbocycles. The second-order valence-electron chi connectivity index (χ2n) is 5.56. The van der Waals surface area contributed by atoms with Crippen LogP contribution in [-0.4, -0.2) is 42.5 Å². The van der Waals surface area contributed by atoms with Crippen molar-refractivity contribution in [2.24, 2.45) is 5.92 Å². The number of urea groups is 1. The Morgan fingerprint density at radius 3 is 2.50 bits per heavy atom. The molecule has 0 spiro atoms. The van der Waals surface area contributed by atoms with Crippen molar-refractivity contribution < 1.29 is 9.72 Å². The molecule has 1 aliphatic heterocycles. The predicted octanol–water partition coefficient (Wildman–Crippen LogP) is 2.45. The monoisotopic (exact) mass is 306 g/mol. The molecule has 0 aromatic heterocycles. The van der Waals surface area contributed by atoms with Gasteiger partial charge in [0.1, 0.15) is 0 Å². The average Bonchev–Trinajstić information content (AvgIpc) is 2.54. The van der Waals surface area contributed by atoms with E-state index >= 15 is 0 Å². The zero-order valence-electron chi connectivity index (χ0n) is 12.7. The summed E-state index contributed by atoms with van der Waals surface area (Å²) in [6.07, 6.45) is 3.19. The highest BCUT2D eigenvalue weighted by Crippen LogP contribution is 2.21. The number of piperidine rings is 1. The maximum Gasteiger partial charge on any atom is 0.321 e. The number of carbonyl (C=O) groups is 1. The summed E-state index contributed by atoms with van der Waals surface area (Å²) in [4.78, 5) is 24.1. The van der Waals surface area contributed by atoms with Gasteiger partial charge in [-0.05, 0) is 50.9 Å². The Bertz CT molecular complexity index is 510. The molecule has 0 unspecified atom stereocenters. The van der Waals surface area contributed by atoms with Gasteiger partial charge < -0.3 is 15.5 Å². The van der Waals surface area contributed by atoms with Crippen LogP contribution in [0.15, 0.2) is 24.3 Å². The molecule has 2 N–H and O–H groups in total. The van der Waals surface area contributed by atoms with Crippen LogP contribution in [0, 0.1) is 16.0 Å². The summed E-state index contributed by atoms with van der Waals surface area (Å²) in [6, 6.07) is 5.74. The van der Waals surface area contributed by atoms with Gasteiger partial charge in [0.15, 0.2) is 0 Å². The van der Waals surface area contributed by atoms with Gasteiger partial charge in [-0.1, -0.05) is 0 Å². The van der Waals surface area contributed by atoms with Gasteiger partial charge in [-0.2, -0.15) is 0 Å². The first-order valence-corrected chi connectivity index (χ1v) is 7.55. The lowest BCUT2D eigenvalue weighted by Crippen LogP contribution is -2.41. The summed E-state index contributed by atoms with van der Waals surface area (Å²) in [7, 11) is 1.95. The molecule has 0 aliphatic carbocycles. The fourth-order valence-corrected chi connectivity index (χ4v) is 2.64. The highest BCUT2D eigenvalue weighted by Gasteiger charge is 2.22. The Morgan fingerprint density at radius 1 is 1.32 bits per heavy atom. The van der Waals surface area contributed by atoms with E-state index in [1.807, 2.05) is 7.05 Å². The van der Waals surface area contributed by atoms with Gasteiger partial charge in [0, 0.05) is 30.9 Å². The molecule has 2 amide bonds. The molecular weight excluding hydrogens is 284 g/mol. The zero-order chi connectivity index (χ0) is 15.9. The van der Waals surface area contributed by atoms with E-state index in [-0.39, 0.29) is 11.7 Å². The molecular formula is C15H22N4O3. The molecule has 1 heterocycles. The SMILES string of the molecule is CNCCC1CCN(C(=O)Nc2ccc([N+](=O)[O-])cc2)CC1. The number of amides is 2. The number of benzene rings is 1. The quantitative estimate of drug-likeness (QED) is 0.646. The number of non-ortho nitro benzene ring substituents is 1. The zero-order valence-corrected chi connectivity index (χ0v) is 12.7. The lowest BCUT2D eigenvalue weighted by molar-refractivity contribution is -0.384. The van der Waals surface area contributed by atoms with Crippen molar-refractivity contribution in [2.45, 2.75) is 19.3 Å². The minimum Gasteiger partial charge on any atom is -0.325 e. The number of nitro groups is 1. The van der Waals surface area contributed by atoms with Gasteiger partial charge in [-0.25, -0.2) is 4.79 Å². The molecule has 1 saturated heterocycles. The number of rotatable bonds is 5. The number of hydrogen-bond acceptors (Lipinski definition) is 4. The van der Waals surface area contributed by atoms with Crippen molar-refractivity contribution in [3.63, 3.8) is 0 Å². The summed E-state index contributed by atoms with van der Waals surface area (Å²) >= 11 is 0. The number of hydrogen-bond donors (Lipinski definition) is 2. The van der Waals surface area contributed by atoms with Crippen LogP contribution in [0.25, 0.3) is 0 Å². The Kier molecular flexibility index (Phi) is 5.71. The maximum absolute atomic E-state index is 12.2. The van der Waals surface area contributed by atoms with Gasteiger partial charge in [-0.3, -0.25) is 10.1 Å². The van der Waals surface area contributed by atoms with E-state index in [1.165, 1.54) is 12.1 Å². The fraction of sp³-hybridized carbons (Fsp3) is 0.533. The molecule has 1 aromatic rings. The summed E-state index contributed by atoms with van der Waals surface area (Å²) in [5, 5.41) is 16.5. The number of nitro benzene ring substituents is 1. The van der Waals surface area contributed by atoms with Crippen LogP contribution in [0.4, 0.5) is 16.2 Å². The first-order chi connectivity index (χ1) is 10.6. The van der Waals surface area contributed by atoms with Crippen molar-refractivity contribution in [1.29, 1.82) is 0 Å². The van der Waals surface area contributed by atoms with E-state index in [9.17, 15) is 14.9 Å². The van der Waals surface area contributed by atoms with Crippen molar-refractivity contribution in [3.8, 4) is 0 Å². The molecule has 1 fully saturated rings. The van der Waals surface area contributed by atoms with E-state index in [2.05, 4.69) is 10.6 Å². The third-order valence-electron chi connectivity index (χ3n) is 4.03. The van der Waals surface area contributed by atoms with Gasteiger partial charge in [-0.15, -0.1) is 0 Å². The number of anilines is 1. The number of likely N-dealkylation sites (tertiary alicyclic amines) is 1. The minimum atomic E-state index is -0.457. The molecule has 120 valence electrons. The lowest BCUT2D eigenvalue weighted by Gasteiger charge is -2.32. The summed E-state index contributed by atoms with van der Waals surface area (Å²) in [6.45, 7) is 2.53. The molecule has 1 aromatic carbocycles. The standard InChI is InChI=1S/C15H22N4O3/c1-16-9-6-12-7-10-18(11-8-12)15(20)17-13-2-4-14(5-3-13)19(21)22/h2-5,12,16H,6-11H2,1H3,(H,17,20). The second-order valence-corrected chi connectivity index (χ2v) is 5.56. The highest BCUT2D eigenvalue weighted by molar-refractivity contribution is 5.89. The molecule has 22 heavy (non-hydrogen) atoms. The van der Waals surface area contributed by atoms with Crippen LogP contribution >= 0.6 is 0 Å². The Hall–Kier alpha value is -2.15. The largest absolute Gasteiger partial charge is 0.325 e. The average molecular weight is 306 g/mol. The topological polar surface area (TPSA) is 87.5 Å². The van der Waals surface area contributed by atoms with E-state index in [0.29, 0.717) is 11.6 Å². The van der Waals surface area contributed by atoms with Crippen molar-refractivity contribution in [3.05, 3.63) is 34.4 Å². The Balaban J connectivity index is 1.81. The lowest BCUT2D eigenvalue weighted by atomic mass is 9.94. The molecule has 0 radical (unpaired) electrons. The second kappa shape index (κ2) is 7.74. The van der Waals surface area contributed by atoms with Crippen LogP contribution in [0.2, 0.25) is 0 Å². The van der Waals surface area contributed by atoms with Crippen LogP contribution in [0.3, 0.4) is 0 Å². The Morgan fingerprint density at radius 2 is 1.95 bits per heavy atom. The van der Waals surface area contributed by atoms with Crippen molar-refractivity contribution in [1.82, 2.24) is 10.2 Å². The summed E-state index contributed by atoms with van der Waals surface area (Å²) < 4.78 is 0. The minimum absolute atomic E-state index is 0.0170. The predicted molar refractivity (Wildman–Crippen MR) is 85.0 cm³/mol. The molecule has 0 bridgehead atoms. The van der Waals surface area contributed by atoms with E-state index in [1.54, 1.807) is 17.0 Å². The Labute approximate surface area is 129 Å². The van der Waals surface area contributed by atoms with Crippen molar-refractivity contribution >= 4 is 17.4 Å². The van der Waals surface area contributed by atoms with Crippen LogP contribution in [-0.2, 0) is 0 Å². The van der Waals surface area contributed by atoms with Gasteiger partial charge >= 0.3 is 6.03 Å². The number of nitrogens with one attached hydrogen (secondary N) is 2.